The van der Waals surface area contributed by atoms with Crippen LogP contribution in [0.15, 0.2) is 48.5 Å². The summed E-state index contributed by atoms with van der Waals surface area (Å²) in [5.74, 6) is -0.211. The number of alkyl halides is 3. The standard InChI is InChI=1S/C26H30F3N3O3S/c1-24(2)32(4)25(3,17-35-24)23-31-30-22(36-23)19-11-12-21(20(15-19)26(27,28)29)34-14-8-13-33-16-18-9-6-5-7-10-18/h5-7,9-12,15H,8,13-14,16-17H2,1-4H3. The van der Waals surface area contributed by atoms with Crippen LogP contribution in [0.1, 0.15) is 43.3 Å². The highest BCUT2D eigenvalue weighted by atomic mass is 32.1. The van der Waals surface area contributed by atoms with Gasteiger partial charge in [0.2, 0.25) is 0 Å². The van der Waals surface area contributed by atoms with Crippen molar-refractivity contribution >= 4 is 11.3 Å². The average molecular weight is 522 g/mol. The van der Waals surface area contributed by atoms with Crippen molar-refractivity contribution in [2.75, 3.05) is 26.9 Å². The third-order valence-electron chi connectivity index (χ3n) is 6.47. The maximum Gasteiger partial charge on any atom is 0.419 e. The van der Waals surface area contributed by atoms with Crippen molar-refractivity contribution in [3.05, 3.63) is 64.7 Å². The first-order valence-corrected chi connectivity index (χ1v) is 12.5. The zero-order chi connectivity index (χ0) is 26.0. The van der Waals surface area contributed by atoms with Crippen molar-refractivity contribution in [2.24, 2.45) is 0 Å². The van der Waals surface area contributed by atoms with Gasteiger partial charge in [-0.05, 0) is 51.6 Å². The number of benzene rings is 2. The molecule has 1 atom stereocenters. The Labute approximate surface area is 213 Å². The maximum atomic E-state index is 13.8. The topological polar surface area (TPSA) is 56.7 Å². The van der Waals surface area contributed by atoms with Crippen LogP contribution in [0.4, 0.5) is 13.2 Å². The smallest absolute Gasteiger partial charge is 0.419 e. The first-order chi connectivity index (χ1) is 17.0. The zero-order valence-corrected chi connectivity index (χ0v) is 21.6. The SMILES string of the molecule is CN1C(C)(C)OCC1(C)c1nnc(-c2ccc(OCCCOCc3ccccc3)c(C(F)(F)F)c2)s1. The average Bonchev–Trinajstić information content (AvgIpc) is 3.42. The van der Waals surface area contributed by atoms with E-state index in [9.17, 15) is 13.2 Å². The number of halogens is 3. The number of hydrogen-bond acceptors (Lipinski definition) is 7. The molecule has 6 nitrogen and oxygen atoms in total. The second-order valence-corrected chi connectivity index (χ2v) is 10.4. The number of nitrogens with zero attached hydrogens (tertiary/aromatic N) is 3. The number of aromatic nitrogens is 2. The van der Waals surface area contributed by atoms with Crippen LogP contribution in [-0.4, -0.2) is 47.7 Å². The lowest BCUT2D eigenvalue weighted by Crippen LogP contribution is -2.46. The lowest BCUT2D eigenvalue weighted by Gasteiger charge is -2.34. The van der Waals surface area contributed by atoms with E-state index in [-0.39, 0.29) is 12.4 Å². The van der Waals surface area contributed by atoms with E-state index in [1.165, 1.54) is 17.4 Å². The maximum absolute atomic E-state index is 13.8. The Kier molecular flexibility index (Phi) is 7.70. The Hall–Kier alpha value is -2.53. The highest BCUT2D eigenvalue weighted by Crippen LogP contribution is 2.44. The lowest BCUT2D eigenvalue weighted by molar-refractivity contribution is -0.138. The molecule has 1 unspecified atom stereocenters. The van der Waals surface area contributed by atoms with Crippen molar-refractivity contribution < 1.29 is 27.4 Å². The summed E-state index contributed by atoms with van der Waals surface area (Å²) in [6.45, 7) is 7.28. The van der Waals surface area contributed by atoms with Gasteiger partial charge in [-0.2, -0.15) is 13.2 Å². The fourth-order valence-electron chi connectivity index (χ4n) is 3.99. The van der Waals surface area contributed by atoms with E-state index >= 15 is 0 Å². The van der Waals surface area contributed by atoms with Gasteiger partial charge in [-0.25, -0.2) is 0 Å². The van der Waals surface area contributed by atoms with E-state index in [0.29, 0.717) is 41.8 Å². The van der Waals surface area contributed by atoms with Gasteiger partial charge in [0, 0.05) is 12.0 Å². The number of ether oxygens (including phenoxy) is 3. The van der Waals surface area contributed by atoms with Crippen molar-refractivity contribution in [2.45, 2.75) is 51.2 Å². The van der Waals surface area contributed by atoms with Gasteiger partial charge in [0.05, 0.1) is 37.5 Å². The van der Waals surface area contributed by atoms with Crippen LogP contribution < -0.4 is 4.74 Å². The molecule has 10 heteroatoms. The summed E-state index contributed by atoms with van der Waals surface area (Å²) in [5.41, 5.74) is -0.448. The third kappa shape index (κ3) is 5.72. The van der Waals surface area contributed by atoms with Crippen LogP contribution in [-0.2, 0) is 27.8 Å². The molecule has 0 bridgehead atoms. The summed E-state index contributed by atoms with van der Waals surface area (Å²) in [6, 6.07) is 13.7. The summed E-state index contributed by atoms with van der Waals surface area (Å²) in [7, 11) is 1.94. The van der Waals surface area contributed by atoms with Gasteiger partial charge in [-0.15, -0.1) is 10.2 Å². The van der Waals surface area contributed by atoms with Crippen molar-refractivity contribution in [3.63, 3.8) is 0 Å². The normalized spacial score (nSPS) is 20.1. The molecule has 2 heterocycles. The highest BCUT2D eigenvalue weighted by Gasteiger charge is 2.49. The Morgan fingerprint density at radius 1 is 1.06 bits per heavy atom. The van der Waals surface area contributed by atoms with E-state index in [2.05, 4.69) is 15.1 Å². The largest absolute Gasteiger partial charge is 0.493 e. The van der Waals surface area contributed by atoms with Crippen LogP contribution in [0, 0.1) is 0 Å². The molecule has 1 aromatic heterocycles. The van der Waals surface area contributed by atoms with E-state index in [0.717, 1.165) is 11.6 Å². The Morgan fingerprint density at radius 2 is 1.81 bits per heavy atom. The molecular formula is C26H30F3N3O3S. The van der Waals surface area contributed by atoms with Crippen LogP contribution >= 0.6 is 11.3 Å². The first kappa shape index (κ1) is 26.5. The minimum absolute atomic E-state index is 0.112. The van der Waals surface area contributed by atoms with Crippen LogP contribution in [0.3, 0.4) is 0 Å². The quantitative estimate of drug-likeness (QED) is 0.316. The molecule has 3 aromatic rings. The molecule has 1 saturated heterocycles. The molecule has 0 N–H and O–H groups in total. The molecule has 1 fully saturated rings. The molecule has 2 aromatic carbocycles. The summed E-state index contributed by atoms with van der Waals surface area (Å²) in [5, 5.41) is 9.59. The fraction of sp³-hybridized carbons (Fsp3) is 0.462. The van der Waals surface area contributed by atoms with E-state index < -0.39 is 23.0 Å². The van der Waals surface area contributed by atoms with Crippen LogP contribution in [0.25, 0.3) is 10.6 Å². The van der Waals surface area contributed by atoms with Gasteiger partial charge < -0.3 is 14.2 Å². The first-order valence-electron chi connectivity index (χ1n) is 11.7. The molecule has 36 heavy (non-hydrogen) atoms. The molecule has 0 amide bonds. The molecule has 0 saturated carbocycles. The second kappa shape index (κ2) is 10.5. The minimum atomic E-state index is -4.57. The van der Waals surface area contributed by atoms with Gasteiger partial charge in [0.1, 0.15) is 21.5 Å². The zero-order valence-electron chi connectivity index (χ0n) is 20.8. The molecular weight excluding hydrogens is 491 g/mol. The lowest BCUT2D eigenvalue weighted by atomic mass is 10.0. The molecule has 1 aliphatic rings. The van der Waals surface area contributed by atoms with Gasteiger partial charge in [0.15, 0.2) is 0 Å². The van der Waals surface area contributed by atoms with Gasteiger partial charge in [-0.1, -0.05) is 41.7 Å². The number of likely N-dealkylation sites (N-methyl/N-ethyl adjacent to an activating group) is 1. The van der Waals surface area contributed by atoms with E-state index in [1.807, 2.05) is 58.2 Å². The molecule has 0 spiro atoms. The fourth-order valence-corrected chi connectivity index (χ4v) is 4.99. The van der Waals surface area contributed by atoms with Crippen LogP contribution in [0.5, 0.6) is 5.75 Å². The molecule has 1 aliphatic heterocycles. The summed E-state index contributed by atoms with van der Waals surface area (Å²) < 4.78 is 58.5. The second-order valence-electron chi connectivity index (χ2n) is 9.43. The van der Waals surface area contributed by atoms with E-state index in [1.54, 1.807) is 6.07 Å². The Balaban J connectivity index is 1.42. The predicted molar refractivity (Wildman–Crippen MR) is 132 cm³/mol. The third-order valence-corrected chi connectivity index (χ3v) is 7.70. The molecule has 0 aliphatic carbocycles. The minimum Gasteiger partial charge on any atom is -0.493 e. The number of rotatable bonds is 9. The molecule has 0 radical (unpaired) electrons. The van der Waals surface area contributed by atoms with Gasteiger partial charge >= 0.3 is 6.18 Å². The Bertz CT molecular complexity index is 1170. The summed E-state index contributed by atoms with van der Waals surface area (Å²) >= 11 is 1.27. The Morgan fingerprint density at radius 3 is 2.47 bits per heavy atom. The van der Waals surface area contributed by atoms with E-state index in [4.69, 9.17) is 14.2 Å². The van der Waals surface area contributed by atoms with Gasteiger partial charge in [-0.3, -0.25) is 4.90 Å². The summed E-state index contributed by atoms with van der Waals surface area (Å²) in [4.78, 5) is 2.06. The van der Waals surface area contributed by atoms with Crippen molar-refractivity contribution in [3.8, 4) is 16.3 Å². The molecule has 194 valence electrons. The van der Waals surface area contributed by atoms with Crippen LogP contribution in [0.2, 0.25) is 0 Å². The van der Waals surface area contributed by atoms with Gasteiger partial charge in [0.25, 0.3) is 0 Å². The summed E-state index contributed by atoms with van der Waals surface area (Å²) in [6.07, 6.45) is -4.10. The van der Waals surface area contributed by atoms with Crippen molar-refractivity contribution in [1.29, 1.82) is 0 Å². The number of hydrogen-bond donors (Lipinski definition) is 0. The van der Waals surface area contributed by atoms with Crippen molar-refractivity contribution in [1.82, 2.24) is 15.1 Å². The highest BCUT2D eigenvalue weighted by molar-refractivity contribution is 7.14. The predicted octanol–water partition coefficient (Wildman–Crippen LogP) is 6.12. The monoisotopic (exact) mass is 521 g/mol. The molecule has 4 rings (SSSR count).